The Bertz CT molecular complexity index is 463. The molecule has 0 saturated carbocycles. The second kappa shape index (κ2) is 7.43. The fourth-order valence-corrected chi connectivity index (χ4v) is 2.73. The van der Waals surface area contributed by atoms with Crippen LogP contribution in [0.15, 0.2) is 17.2 Å². The molecule has 0 bridgehead atoms. The minimum absolute atomic E-state index is 0.00210. The molecule has 1 aromatic heterocycles. The third kappa shape index (κ3) is 4.07. The Kier molecular flexibility index (Phi) is 5.59. The van der Waals surface area contributed by atoms with Gasteiger partial charge in [-0.15, -0.1) is 0 Å². The van der Waals surface area contributed by atoms with Crippen molar-refractivity contribution in [2.45, 2.75) is 39.2 Å². The van der Waals surface area contributed by atoms with Crippen molar-refractivity contribution in [2.75, 3.05) is 32.0 Å². The second-order valence-electron chi connectivity index (χ2n) is 5.74. The molecule has 0 aromatic carbocycles. The lowest BCUT2D eigenvalue weighted by Gasteiger charge is -2.28. The Balaban J connectivity index is 1.82. The number of nitrogens with one attached hydrogen (secondary N) is 1. The smallest absolute Gasteiger partial charge is 0.293 e. The number of aromatic nitrogens is 2. The molecule has 0 atom stereocenters. The van der Waals surface area contributed by atoms with Crippen LogP contribution in [0.3, 0.4) is 0 Å². The minimum Gasteiger partial charge on any atom is -0.365 e. The lowest BCUT2D eigenvalue weighted by molar-refractivity contribution is 0.215. The van der Waals surface area contributed by atoms with Gasteiger partial charge in [0.1, 0.15) is 0 Å². The lowest BCUT2D eigenvalue weighted by atomic mass is 9.94. The van der Waals surface area contributed by atoms with Crippen molar-refractivity contribution in [1.82, 2.24) is 14.5 Å². The predicted octanol–water partition coefficient (Wildman–Crippen LogP) is 1.80. The highest BCUT2D eigenvalue weighted by atomic mass is 16.1. The first kappa shape index (κ1) is 15.0. The van der Waals surface area contributed by atoms with Crippen LogP contribution >= 0.6 is 0 Å². The maximum Gasteiger partial charge on any atom is 0.293 e. The van der Waals surface area contributed by atoms with Crippen LogP contribution in [0, 0.1) is 5.92 Å². The van der Waals surface area contributed by atoms with Crippen molar-refractivity contribution < 1.29 is 0 Å². The summed E-state index contributed by atoms with van der Waals surface area (Å²) in [6, 6.07) is 0. The molecule has 0 aliphatic carbocycles. The van der Waals surface area contributed by atoms with E-state index in [1.165, 1.54) is 25.9 Å². The highest BCUT2D eigenvalue weighted by Crippen LogP contribution is 2.19. The zero-order valence-electron chi connectivity index (χ0n) is 12.6. The molecule has 0 radical (unpaired) electrons. The summed E-state index contributed by atoms with van der Waals surface area (Å²) < 4.78 is 1.73. The van der Waals surface area contributed by atoms with E-state index in [9.17, 15) is 4.79 Å². The van der Waals surface area contributed by atoms with Crippen LogP contribution in [0.5, 0.6) is 0 Å². The fraction of sp³-hybridized carbons (Fsp3) is 0.733. The summed E-state index contributed by atoms with van der Waals surface area (Å²) >= 11 is 0. The molecule has 112 valence electrons. The first-order valence-corrected chi connectivity index (χ1v) is 7.68. The molecule has 2 heterocycles. The third-order valence-corrected chi connectivity index (χ3v) is 4.06. The van der Waals surface area contributed by atoms with Crippen LogP contribution in [-0.2, 0) is 6.54 Å². The van der Waals surface area contributed by atoms with Crippen molar-refractivity contribution in [2.24, 2.45) is 5.92 Å². The summed E-state index contributed by atoms with van der Waals surface area (Å²) in [4.78, 5) is 18.7. The van der Waals surface area contributed by atoms with E-state index in [-0.39, 0.29) is 5.56 Å². The van der Waals surface area contributed by atoms with Crippen molar-refractivity contribution >= 4 is 5.82 Å². The number of nitrogens with zero attached hydrogens (tertiary/aromatic N) is 3. The number of hydrogen-bond donors (Lipinski definition) is 1. The number of rotatable bonds is 6. The maximum atomic E-state index is 12.1. The second-order valence-corrected chi connectivity index (χ2v) is 5.74. The zero-order chi connectivity index (χ0) is 14.4. The molecule has 0 amide bonds. The van der Waals surface area contributed by atoms with Crippen LogP contribution in [0.25, 0.3) is 0 Å². The Morgan fingerprint density at radius 2 is 2.15 bits per heavy atom. The van der Waals surface area contributed by atoms with Crippen LogP contribution < -0.4 is 10.9 Å². The van der Waals surface area contributed by atoms with E-state index >= 15 is 0 Å². The molecule has 1 aromatic rings. The fourth-order valence-electron chi connectivity index (χ4n) is 2.73. The average molecular weight is 278 g/mol. The molecule has 1 fully saturated rings. The van der Waals surface area contributed by atoms with Crippen LogP contribution in [0.1, 0.15) is 32.6 Å². The monoisotopic (exact) mass is 278 g/mol. The van der Waals surface area contributed by atoms with Crippen molar-refractivity contribution in [3.63, 3.8) is 0 Å². The Morgan fingerprint density at radius 3 is 2.85 bits per heavy atom. The van der Waals surface area contributed by atoms with Gasteiger partial charge in [-0.25, -0.2) is 4.98 Å². The summed E-state index contributed by atoms with van der Waals surface area (Å²) in [6.07, 6.45) is 8.07. The van der Waals surface area contributed by atoms with Gasteiger partial charge in [0.05, 0.1) is 0 Å². The SMILES string of the molecule is CCCn1ccnc(NCCC2CCN(C)CC2)c1=O. The van der Waals surface area contributed by atoms with E-state index in [2.05, 4.69) is 29.2 Å². The molecule has 0 spiro atoms. The van der Waals surface area contributed by atoms with E-state index < -0.39 is 0 Å². The zero-order valence-corrected chi connectivity index (χ0v) is 12.6. The minimum atomic E-state index is -0.00210. The molecule has 1 N–H and O–H groups in total. The van der Waals surface area contributed by atoms with Gasteiger partial charge in [-0.05, 0) is 51.7 Å². The van der Waals surface area contributed by atoms with Gasteiger partial charge in [0.2, 0.25) is 0 Å². The summed E-state index contributed by atoms with van der Waals surface area (Å²) in [6.45, 7) is 6.05. The Hall–Kier alpha value is -1.36. The average Bonchev–Trinajstić information content (AvgIpc) is 2.45. The van der Waals surface area contributed by atoms with Crippen LogP contribution in [-0.4, -0.2) is 41.1 Å². The third-order valence-electron chi connectivity index (χ3n) is 4.06. The normalized spacial score (nSPS) is 17.3. The number of likely N-dealkylation sites (tertiary alicyclic amines) is 1. The van der Waals surface area contributed by atoms with Gasteiger partial charge in [0.25, 0.3) is 5.56 Å². The number of anilines is 1. The molecular weight excluding hydrogens is 252 g/mol. The van der Waals surface area contributed by atoms with Gasteiger partial charge in [-0.3, -0.25) is 4.79 Å². The van der Waals surface area contributed by atoms with Gasteiger partial charge in [-0.2, -0.15) is 0 Å². The topological polar surface area (TPSA) is 50.2 Å². The molecular formula is C15H26N4O. The van der Waals surface area contributed by atoms with Gasteiger partial charge in [0.15, 0.2) is 5.82 Å². The van der Waals surface area contributed by atoms with Gasteiger partial charge in [0, 0.05) is 25.5 Å². The first-order chi connectivity index (χ1) is 9.70. The molecule has 1 aliphatic rings. The summed E-state index contributed by atoms with van der Waals surface area (Å²) in [5.74, 6) is 1.27. The van der Waals surface area contributed by atoms with E-state index in [0.29, 0.717) is 5.82 Å². The predicted molar refractivity (Wildman–Crippen MR) is 82.1 cm³/mol. The summed E-state index contributed by atoms with van der Waals surface area (Å²) in [5.41, 5.74) is -0.00210. The quantitative estimate of drug-likeness (QED) is 0.862. The van der Waals surface area contributed by atoms with E-state index in [4.69, 9.17) is 0 Å². The van der Waals surface area contributed by atoms with Crippen LogP contribution in [0.2, 0.25) is 0 Å². The highest BCUT2D eigenvalue weighted by Gasteiger charge is 2.16. The first-order valence-electron chi connectivity index (χ1n) is 7.68. The molecule has 5 nitrogen and oxygen atoms in total. The number of aryl methyl sites for hydroxylation is 1. The Morgan fingerprint density at radius 1 is 1.40 bits per heavy atom. The van der Waals surface area contributed by atoms with Crippen molar-refractivity contribution in [1.29, 1.82) is 0 Å². The van der Waals surface area contributed by atoms with Crippen molar-refractivity contribution in [3.05, 3.63) is 22.7 Å². The van der Waals surface area contributed by atoms with Gasteiger partial charge >= 0.3 is 0 Å². The van der Waals surface area contributed by atoms with E-state index in [1.54, 1.807) is 17.0 Å². The Labute approximate surface area is 121 Å². The number of piperidine rings is 1. The molecule has 1 aliphatic heterocycles. The van der Waals surface area contributed by atoms with Gasteiger partial charge in [-0.1, -0.05) is 6.92 Å². The highest BCUT2D eigenvalue weighted by molar-refractivity contribution is 5.30. The maximum absolute atomic E-state index is 12.1. The summed E-state index contributed by atoms with van der Waals surface area (Å²) in [5, 5.41) is 3.21. The van der Waals surface area contributed by atoms with Crippen molar-refractivity contribution in [3.8, 4) is 0 Å². The summed E-state index contributed by atoms with van der Waals surface area (Å²) in [7, 11) is 2.18. The molecule has 0 unspecified atom stereocenters. The molecule has 20 heavy (non-hydrogen) atoms. The lowest BCUT2D eigenvalue weighted by Crippen LogP contribution is -2.31. The van der Waals surface area contributed by atoms with Gasteiger partial charge < -0.3 is 14.8 Å². The molecule has 2 rings (SSSR count). The van der Waals surface area contributed by atoms with E-state index in [0.717, 1.165) is 31.8 Å². The largest absolute Gasteiger partial charge is 0.365 e. The number of hydrogen-bond acceptors (Lipinski definition) is 4. The van der Waals surface area contributed by atoms with Crippen LogP contribution in [0.4, 0.5) is 5.82 Å². The molecule has 1 saturated heterocycles. The van der Waals surface area contributed by atoms with E-state index in [1.807, 2.05) is 0 Å². The standard InChI is InChI=1S/C15H26N4O/c1-3-9-19-12-8-17-14(15(19)20)16-7-4-13-5-10-18(2)11-6-13/h8,12-13H,3-7,9-11H2,1-2H3,(H,16,17). The molecule has 5 heteroatoms.